The van der Waals surface area contributed by atoms with Crippen LogP contribution in [0, 0.1) is 11.3 Å². The molecule has 1 aromatic rings. The minimum atomic E-state index is -0.699. The lowest BCUT2D eigenvalue weighted by Crippen LogP contribution is -2.44. The van der Waals surface area contributed by atoms with Gasteiger partial charge in [0.05, 0.1) is 11.2 Å². The summed E-state index contributed by atoms with van der Waals surface area (Å²) < 4.78 is 17.6. The molecule has 0 saturated carbocycles. The number of ether oxygens (including phenoxy) is 1. The fourth-order valence-corrected chi connectivity index (χ4v) is 2.57. The third kappa shape index (κ3) is 2.74. The molecule has 1 unspecified atom stereocenters. The van der Waals surface area contributed by atoms with E-state index < -0.39 is 18.3 Å². The van der Waals surface area contributed by atoms with Crippen molar-refractivity contribution in [2.75, 3.05) is 6.61 Å². The Balaban J connectivity index is 2.44. The summed E-state index contributed by atoms with van der Waals surface area (Å²) in [6.07, 6.45) is 1.52. The average molecular weight is 301 g/mol. The Morgan fingerprint density at radius 3 is 2.64 bits per heavy atom. The van der Waals surface area contributed by atoms with Crippen LogP contribution < -0.4 is 10.2 Å². The highest BCUT2D eigenvalue weighted by molar-refractivity contribution is 6.64. The Morgan fingerprint density at radius 2 is 2.09 bits per heavy atom. The molecule has 6 heteroatoms. The van der Waals surface area contributed by atoms with E-state index in [1.54, 1.807) is 18.2 Å². The first-order chi connectivity index (χ1) is 10.4. The second kappa shape index (κ2) is 6.11. The van der Waals surface area contributed by atoms with E-state index in [0.29, 0.717) is 16.8 Å². The molecule has 22 heavy (non-hydrogen) atoms. The third-order valence-corrected chi connectivity index (χ3v) is 4.47. The molecule has 5 nitrogen and oxygen atoms in total. The standard InChI is InChI=1S/C16H20BNO4/c1-5-16(4)15(2,3)21-17(22-16)14-12(11-19)7-6-8-13(14)20-10-9-18/h6-8,11H,5,10H2,1-4H3. The van der Waals surface area contributed by atoms with Gasteiger partial charge >= 0.3 is 7.12 Å². The first kappa shape index (κ1) is 16.5. The molecule has 0 spiro atoms. The van der Waals surface area contributed by atoms with Crippen LogP contribution in [-0.2, 0) is 9.31 Å². The Kier molecular flexibility index (Phi) is 4.59. The molecule has 116 valence electrons. The lowest BCUT2D eigenvalue weighted by Gasteiger charge is -2.35. The number of hydrogen-bond acceptors (Lipinski definition) is 5. The number of rotatable bonds is 5. The molecular weight excluding hydrogens is 281 g/mol. The molecule has 0 aromatic heterocycles. The predicted octanol–water partition coefficient (Wildman–Crippen LogP) is 2.09. The zero-order valence-corrected chi connectivity index (χ0v) is 13.4. The lowest BCUT2D eigenvalue weighted by molar-refractivity contribution is -0.0118. The van der Waals surface area contributed by atoms with Crippen molar-refractivity contribution in [3.05, 3.63) is 23.8 Å². The molecule has 1 fully saturated rings. The molecule has 1 aliphatic heterocycles. The molecule has 0 N–H and O–H groups in total. The van der Waals surface area contributed by atoms with Gasteiger partial charge in [-0.15, -0.1) is 0 Å². The van der Waals surface area contributed by atoms with Crippen LogP contribution in [0.15, 0.2) is 18.2 Å². The number of benzene rings is 1. The first-order valence-corrected chi connectivity index (χ1v) is 7.32. The Bertz CT molecular complexity index is 611. The van der Waals surface area contributed by atoms with E-state index in [1.807, 2.05) is 33.8 Å². The van der Waals surface area contributed by atoms with Crippen molar-refractivity contribution in [1.29, 1.82) is 5.26 Å². The summed E-state index contributed by atoms with van der Waals surface area (Å²) in [5, 5.41) is 8.71. The van der Waals surface area contributed by atoms with E-state index in [2.05, 4.69) is 0 Å². The van der Waals surface area contributed by atoms with Gasteiger partial charge in [-0.2, -0.15) is 5.26 Å². The van der Waals surface area contributed by atoms with E-state index in [0.717, 1.165) is 12.7 Å². The number of nitriles is 1. The summed E-state index contributed by atoms with van der Waals surface area (Å²) in [5.41, 5.74) is 0.00399. The highest BCUT2D eigenvalue weighted by Gasteiger charge is 2.54. The average Bonchev–Trinajstić information content (AvgIpc) is 2.74. The van der Waals surface area contributed by atoms with Gasteiger partial charge in [-0.25, -0.2) is 0 Å². The van der Waals surface area contributed by atoms with Gasteiger partial charge in [0.2, 0.25) is 0 Å². The van der Waals surface area contributed by atoms with Gasteiger partial charge in [-0.05, 0) is 33.3 Å². The molecule has 1 aromatic carbocycles. The molecule has 1 aliphatic rings. The molecular formula is C16H20BNO4. The summed E-state index contributed by atoms with van der Waals surface area (Å²) in [5.74, 6) is 0.437. The molecule has 2 rings (SSSR count). The Labute approximate surface area is 131 Å². The van der Waals surface area contributed by atoms with Crippen LogP contribution in [0.3, 0.4) is 0 Å². The molecule has 1 saturated heterocycles. The highest BCUT2D eigenvalue weighted by atomic mass is 16.7. The monoisotopic (exact) mass is 301 g/mol. The number of aldehydes is 1. The Morgan fingerprint density at radius 1 is 1.36 bits per heavy atom. The minimum absolute atomic E-state index is 0.101. The van der Waals surface area contributed by atoms with Gasteiger partial charge in [0.1, 0.15) is 18.1 Å². The smallest absolute Gasteiger partial charge is 0.479 e. The fraction of sp³-hybridized carbons (Fsp3) is 0.500. The molecule has 1 heterocycles. The summed E-state index contributed by atoms with van der Waals surface area (Å²) in [6, 6.07) is 7.02. The third-order valence-electron chi connectivity index (χ3n) is 4.47. The maximum absolute atomic E-state index is 11.4. The van der Waals surface area contributed by atoms with Crippen molar-refractivity contribution in [2.24, 2.45) is 0 Å². The SMILES string of the molecule is CCC1(C)OB(c2c(C=O)cccc2OCC#N)OC1(C)C. The van der Waals surface area contributed by atoms with Crippen molar-refractivity contribution < 1.29 is 18.8 Å². The van der Waals surface area contributed by atoms with Gasteiger partial charge in [0.15, 0.2) is 6.61 Å². The van der Waals surface area contributed by atoms with Crippen LogP contribution in [0.4, 0.5) is 0 Å². The van der Waals surface area contributed by atoms with Crippen LogP contribution in [0.5, 0.6) is 5.75 Å². The number of nitrogens with zero attached hydrogens (tertiary/aromatic N) is 1. The molecule has 1 atom stereocenters. The largest absolute Gasteiger partial charge is 0.499 e. The van der Waals surface area contributed by atoms with E-state index >= 15 is 0 Å². The summed E-state index contributed by atoms with van der Waals surface area (Å²) in [6.45, 7) is 7.86. The number of carbonyl (C=O) groups is 1. The van der Waals surface area contributed by atoms with Gasteiger partial charge in [-0.3, -0.25) is 4.79 Å². The second-order valence-corrected chi connectivity index (χ2v) is 5.99. The van der Waals surface area contributed by atoms with Crippen molar-refractivity contribution in [3.63, 3.8) is 0 Å². The second-order valence-electron chi connectivity index (χ2n) is 5.99. The zero-order valence-electron chi connectivity index (χ0n) is 13.4. The maximum Gasteiger partial charge on any atom is 0.499 e. The van der Waals surface area contributed by atoms with Crippen LogP contribution in [0.1, 0.15) is 44.5 Å². The molecule has 0 radical (unpaired) electrons. The first-order valence-electron chi connectivity index (χ1n) is 7.32. The fourth-order valence-electron chi connectivity index (χ4n) is 2.57. The molecule has 0 aliphatic carbocycles. The zero-order chi connectivity index (χ0) is 16.4. The minimum Gasteiger partial charge on any atom is -0.479 e. The van der Waals surface area contributed by atoms with E-state index in [-0.39, 0.29) is 6.61 Å². The van der Waals surface area contributed by atoms with Crippen LogP contribution in [-0.4, -0.2) is 31.2 Å². The normalized spacial score (nSPS) is 23.1. The van der Waals surface area contributed by atoms with Gasteiger partial charge in [0.25, 0.3) is 0 Å². The van der Waals surface area contributed by atoms with Crippen LogP contribution in [0.25, 0.3) is 0 Å². The maximum atomic E-state index is 11.4. The van der Waals surface area contributed by atoms with Gasteiger partial charge < -0.3 is 14.0 Å². The summed E-state index contributed by atoms with van der Waals surface area (Å²) in [7, 11) is -0.699. The number of carbonyl (C=O) groups excluding carboxylic acids is 1. The van der Waals surface area contributed by atoms with Crippen molar-refractivity contribution in [2.45, 2.75) is 45.3 Å². The van der Waals surface area contributed by atoms with Crippen molar-refractivity contribution in [3.8, 4) is 11.8 Å². The highest BCUT2D eigenvalue weighted by Crippen LogP contribution is 2.40. The van der Waals surface area contributed by atoms with Crippen LogP contribution >= 0.6 is 0 Å². The lowest BCUT2D eigenvalue weighted by atomic mass is 9.75. The molecule has 0 amide bonds. The van der Waals surface area contributed by atoms with Crippen molar-refractivity contribution >= 4 is 18.9 Å². The predicted molar refractivity (Wildman–Crippen MR) is 83.3 cm³/mol. The molecule has 0 bridgehead atoms. The van der Waals surface area contributed by atoms with Crippen LogP contribution in [0.2, 0.25) is 0 Å². The summed E-state index contributed by atoms with van der Waals surface area (Å²) in [4.78, 5) is 11.4. The van der Waals surface area contributed by atoms with Gasteiger partial charge in [0, 0.05) is 11.0 Å². The number of hydrogen-bond donors (Lipinski definition) is 0. The van der Waals surface area contributed by atoms with Gasteiger partial charge in [-0.1, -0.05) is 19.1 Å². The van der Waals surface area contributed by atoms with E-state index in [4.69, 9.17) is 19.3 Å². The van der Waals surface area contributed by atoms with E-state index in [9.17, 15) is 4.79 Å². The topological polar surface area (TPSA) is 68.5 Å². The Hall–Kier alpha value is -1.84. The summed E-state index contributed by atoms with van der Waals surface area (Å²) >= 11 is 0. The van der Waals surface area contributed by atoms with Crippen molar-refractivity contribution in [1.82, 2.24) is 0 Å². The quantitative estimate of drug-likeness (QED) is 0.615. The van der Waals surface area contributed by atoms with E-state index in [1.165, 1.54) is 0 Å².